The lowest BCUT2D eigenvalue weighted by Gasteiger charge is -2.24. The van der Waals surface area contributed by atoms with Gasteiger partial charge >= 0.3 is 5.97 Å². The molecule has 1 amide bonds. The van der Waals surface area contributed by atoms with Gasteiger partial charge in [0, 0.05) is 24.3 Å². The quantitative estimate of drug-likeness (QED) is 0.737. The van der Waals surface area contributed by atoms with Gasteiger partial charge in [-0.15, -0.1) is 0 Å². The van der Waals surface area contributed by atoms with Crippen molar-refractivity contribution in [3.63, 3.8) is 0 Å². The summed E-state index contributed by atoms with van der Waals surface area (Å²) in [6.07, 6.45) is 4.07. The van der Waals surface area contributed by atoms with Crippen molar-refractivity contribution in [1.29, 1.82) is 0 Å². The molecule has 0 aromatic rings. The van der Waals surface area contributed by atoms with E-state index in [0.29, 0.717) is 12.6 Å². The second kappa shape index (κ2) is 6.13. The Hall–Kier alpha value is -0.710. The van der Waals surface area contributed by atoms with E-state index in [0.717, 1.165) is 18.6 Å². The smallest absolute Gasteiger partial charge is 0.305 e. The van der Waals surface area contributed by atoms with Gasteiger partial charge in [0.05, 0.1) is 6.42 Å². The zero-order valence-corrected chi connectivity index (χ0v) is 10.6. The van der Waals surface area contributed by atoms with Gasteiger partial charge in [0.25, 0.3) is 0 Å². The minimum atomic E-state index is -0.837. The molecule has 1 atom stereocenters. The number of aliphatic carboxylic acids is 1. The van der Waals surface area contributed by atoms with Crippen LogP contribution in [0.5, 0.6) is 0 Å². The summed E-state index contributed by atoms with van der Waals surface area (Å²) in [7, 11) is 0. The molecule has 1 aliphatic carbocycles. The summed E-state index contributed by atoms with van der Waals surface area (Å²) in [6, 6.07) is 0.302. The molecule has 1 fully saturated rings. The fourth-order valence-electron chi connectivity index (χ4n) is 1.68. The summed E-state index contributed by atoms with van der Waals surface area (Å²) in [5.74, 6) is 0.0632. The van der Waals surface area contributed by atoms with Crippen molar-refractivity contribution in [2.75, 3.05) is 18.6 Å². The molecule has 5 heteroatoms. The highest BCUT2D eigenvalue weighted by molar-refractivity contribution is 7.98. The van der Waals surface area contributed by atoms with Crippen LogP contribution in [-0.4, -0.2) is 46.5 Å². The monoisotopic (exact) mass is 245 g/mol. The van der Waals surface area contributed by atoms with Crippen LogP contribution in [0.25, 0.3) is 0 Å². The van der Waals surface area contributed by atoms with Gasteiger partial charge in [-0.1, -0.05) is 6.92 Å². The van der Waals surface area contributed by atoms with Gasteiger partial charge in [-0.3, -0.25) is 9.59 Å². The molecule has 1 rings (SSSR count). The van der Waals surface area contributed by atoms with Gasteiger partial charge in [0.15, 0.2) is 0 Å². The molecular formula is C11H19NO3S. The Morgan fingerprint density at radius 3 is 2.56 bits per heavy atom. The molecule has 0 saturated heterocycles. The van der Waals surface area contributed by atoms with Gasteiger partial charge in [-0.25, -0.2) is 0 Å². The Morgan fingerprint density at radius 1 is 1.50 bits per heavy atom. The van der Waals surface area contributed by atoms with Crippen LogP contribution >= 0.6 is 11.8 Å². The van der Waals surface area contributed by atoms with Crippen molar-refractivity contribution in [3.8, 4) is 0 Å². The maximum absolute atomic E-state index is 12.0. The van der Waals surface area contributed by atoms with Crippen molar-refractivity contribution in [3.05, 3.63) is 0 Å². The SMILES string of the molecule is CSCC(C)C(=O)N(CCC(=O)O)C1CC1. The molecule has 16 heavy (non-hydrogen) atoms. The number of amides is 1. The van der Waals surface area contributed by atoms with Crippen LogP contribution in [0.2, 0.25) is 0 Å². The number of hydrogen-bond acceptors (Lipinski definition) is 3. The van der Waals surface area contributed by atoms with E-state index in [1.807, 2.05) is 13.2 Å². The molecule has 0 aromatic heterocycles. The first-order valence-electron chi connectivity index (χ1n) is 5.57. The molecule has 0 aromatic carbocycles. The van der Waals surface area contributed by atoms with Crippen LogP contribution in [0.4, 0.5) is 0 Å². The third-order valence-electron chi connectivity index (χ3n) is 2.68. The molecule has 92 valence electrons. The first-order valence-corrected chi connectivity index (χ1v) is 6.96. The number of thioether (sulfide) groups is 1. The number of rotatable bonds is 7. The fourth-order valence-corrected chi connectivity index (χ4v) is 2.32. The Kier molecular flexibility index (Phi) is 5.12. The van der Waals surface area contributed by atoms with Crippen molar-refractivity contribution in [2.24, 2.45) is 5.92 Å². The molecule has 0 aliphatic heterocycles. The number of carbonyl (C=O) groups is 2. The Bertz CT molecular complexity index is 266. The average molecular weight is 245 g/mol. The minimum absolute atomic E-state index is 0.00982. The van der Waals surface area contributed by atoms with E-state index in [1.165, 1.54) is 0 Å². The molecule has 1 aliphatic rings. The fraction of sp³-hybridized carbons (Fsp3) is 0.818. The summed E-state index contributed by atoms with van der Waals surface area (Å²) < 4.78 is 0. The van der Waals surface area contributed by atoms with Crippen LogP contribution in [0.3, 0.4) is 0 Å². The second-order valence-corrected chi connectivity index (χ2v) is 5.17. The molecule has 0 heterocycles. The Morgan fingerprint density at radius 2 is 2.12 bits per heavy atom. The van der Waals surface area contributed by atoms with E-state index >= 15 is 0 Å². The Labute approximate surface area is 100 Å². The highest BCUT2D eigenvalue weighted by Crippen LogP contribution is 2.28. The highest BCUT2D eigenvalue weighted by Gasteiger charge is 2.34. The minimum Gasteiger partial charge on any atom is -0.481 e. The van der Waals surface area contributed by atoms with E-state index < -0.39 is 5.97 Å². The van der Waals surface area contributed by atoms with Gasteiger partial charge in [0.2, 0.25) is 5.91 Å². The largest absolute Gasteiger partial charge is 0.481 e. The lowest BCUT2D eigenvalue weighted by atomic mass is 10.1. The predicted octanol–water partition coefficient (Wildman–Crippen LogP) is 1.45. The topological polar surface area (TPSA) is 57.6 Å². The van der Waals surface area contributed by atoms with Gasteiger partial charge in [0.1, 0.15) is 0 Å². The summed E-state index contributed by atoms with van der Waals surface area (Å²) >= 11 is 1.65. The lowest BCUT2D eigenvalue weighted by Crippen LogP contribution is -2.39. The van der Waals surface area contributed by atoms with E-state index in [4.69, 9.17) is 5.11 Å². The number of nitrogens with zero attached hydrogens (tertiary/aromatic N) is 1. The molecule has 1 unspecified atom stereocenters. The van der Waals surface area contributed by atoms with Crippen LogP contribution < -0.4 is 0 Å². The molecule has 4 nitrogen and oxygen atoms in total. The number of carboxylic acids is 1. The summed E-state index contributed by atoms with van der Waals surface area (Å²) in [6.45, 7) is 2.27. The molecule has 1 N–H and O–H groups in total. The van der Waals surface area contributed by atoms with E-state index in [-0.39, 0.29) is 18.2 Å². The number of carboxylic acid groups (broad SMARTS) is 1. The average Bonchev–Trinajstić information content (AvgIpc) is 3.01. The van der Waals surface area contributed by atoms with Gasteiger partial charge in [-0.05, 0) is 19.1 Å². The van der Waals surface area contributed by atoms with Crippen LogP contribution in [0, 0.1) is 5.92 Å². The van der Waals surface area contributed by atoms with Crippen molar-refractivity contribution < 1.29 is 14.7 Å². The summed E-state index contributed by atoms with van der Waals surface area (Å²) in [4.78, 5) is 24.3. The molecule has 0 spiro atoms. The molecule has 0 bridgehead atoms. The summed E-state index contributed by atoms with van der Waals surface area (Å²) in [5.41, 5.74) is 0. The number of hydrogen-bond donors (Lipinski definition) is 1. The van der Waals surface area contributed by atoms with Crippen molar-refractivity contribution in [1.82, 2.24) is 4.90 Å². The highest BCUT2D eigenvalue weighted by atomic mass is 32.2. The normalized spacial score (nSPS) is 16.9. The third kappa shape index (κ3) is 4.04. The molecule has 1 saturated carbocycles. The third-order valence-corrected chi connectivity index (χ3v) is 3.51. The van der Waals surface area contributed by atoms with Crippen LogP contribution in [0.15, 0.2) is 0 Å². The van der Waals surface area contributed by atoms with Crippen molar-refractivity contribution >= 4 is 23.6 Å². The van der Waals surface area contributed by atoms with E-state index in [9.17, 15) is 9.59 Å². The second-order valence-electron chi connectivity index (χ2n) is 4.26. The van der Waals surface area contributed by atoms with Crippen LogP contribution in [-0.2, 0) is 9.59 Å². The first kappa shape index (κ1) is 13.4. The van der Waals surface area contributed by atoms with Crippen molar-refractivity contribution in [2.45, 2.75) is 32.2 Å². The van der Waals surface area contributed by atoms with Gasteiger partial charge in [-0.2, -0.15) is 11.8 Å². The van der Waals surface area contributed by atoms with Gasteiger partial charge < -0.3 is 10.0 Å². The maximum atomic E-state index is 12.0. The molecular weight excluding hydrogens is 226 g/mol. The summed E-state index contributed by atoms with van der Waals surface area (Å²) in [5, 5.41) is 8.65. The molecule has 0 radical (unpaired) electrons. The zero-order chi connectivity index (χ0) is 12.1. The Balaban J connectivity index is 2.48. The standard InChI is InChI=1S/C11H19NO3S/c1-8(7-16-2)11(15)12(9-3-4-9)6-5-10(13)14/h8-9H,3-7H2,1-2H3,(H,13,14). The predicted molar refractivity (Wildman–Crippen MR) is 64.5 cm³/mol. The lowest BCUT2D eigenvalue weighted by molar-refractivity contribution is -0.139. The first-order chi connectivity index (χ1) is 7.56. The maximum Gasteiger partial charge on any atom is 0.305 e. The van der Waals surface area contributed by atoms with E-state index in [1.54, 1.807) is 16.7 Å². The van der Waals surface area contributed by atoms with Crippen LogP contribution in [0.1, 0.15) is 26.2 Å². The number of carbonyl (C=O) groups excluding carboxylic acids is 1. The zero-order valence-electron chi connectivity index (χ0n) is 9.81. The van der Waals surface area contributed by atoms with E-state index in [2.05, 4.69) is 0 Å².